The summed E-state index contributed by atoms with van der Waals surface area (Å²) in [5, 5.41) is 2.17. The van der Waals surface area contributed by atoms with Gasteiger partial charge in [-0.2, -0.15) is 0 Å². The number of morpholine rings is 2. The fourth-order valence-electron chi connectivity index (χ4n) is 8.58. The van der Waals surface area contributed by atoms with Gasteiger partial charge in [-0.3, -0.25) is 0 Å². The Labute approximate surface area is 295 Å². The van der Waals surface area contributed by atoms with Gasteiger partial charge < -0.3 is 39.0 Å². The van der Waals surface area contributed by atoms with E-state index in [1.165, 1.54) is 22.2 Å². The maximum absolute atomic E-state index is 15.5. The van der Waals surface area contributed by atoms with Gasteiger partial charge >= 0.3 is 0 Å². The van der Waals surface area contributed by atoms with E-state index in [1.807, 2.05) is 12.4 Å². The molecule has 11 heteroatoms. The third-order valence-electron chi connectivity index (χ3n) is 11.2. The number of rotatable bonds is 5. The Balaban J connectivity index is 0.943. The molecule has 2 saturated heterocycles. The van der Waals surface area contributed by atoms with Crippen molar-refractivity contribution in [3.63, 3.8) is 0 Å². The average molecular weight is 685 g/mol. The summed E-state index contributed by atoms with van der Waals surface area (Å²) in [7, 11) is 0. The molecule has 0 spiro atoms. The number of nitrogens with one attached hydrogen (secondary N) is 2. The Hall–Kier alpha value is -5.13. The second-order valence-electron chi connectivity index (χ2n) is 14.1. The highest BCUT2D eigenvalue weighted by Gasteiger charge is 2.27. The summed E-state index contributed by atoms with van der Waals surface area (Å²) in [6.07, 6.45) is 5.67. The SMILES string of the molecule is Fc1cc(-c2cccc3[nH]c4c(c23)CCN(c2ccc(N3CCOCC3)cn2)C4)c2[nH]c3c(c2c1)CCN(c1ccc(N2CCOCC2)cn1)C3. The zero-order valence-corrected chi connectivity index (χ0v) is 28.6. The molecule has 6 aromatic rings. The van der Waals surface area contributed by atoms with Crippen LogP contribution >= 0.6 is 0 Å². The predicted octanol–water partition coefficient (Wildman–Crippen LogP) is 6.04. The van der Waals surface area contributed by atoms with Crippen molar-refractivity contribution in [2.75, 3.05) is 85.3 Å². The van der Waals surface area contributed by atoms with E-state index in [9.17, 15) is 0 Å². The molecule has 2 aromatic carbocycles. The lowest BCUT2D eigenvalue weighted by Crippen LogP contribution is -2.36. The zero-order chi connectivity index (χ0) is 33.9. The van der Waals surface area contributed by atoms with Crippen LogP contribution in [0, 0.1) is 5.82 Å². The van der Waals surface area contributed by atoms with Gasteiger partial charge in [-0.25, -0.2) is 14.4 Å². The summed E-state index contributed by atoms with van der Waals surface area (Å²) in [4.78, 5) is 26.5. The zero-order valence-electron chi connectivity index (χ0n) is 28.6. The van der Waals surface area contributed by atoms with Crippen molar-refractivity contribution in [3.05, 3.63) is 95.3 Å². The fraction of sp³-hybridized carbons (Fsp3) is 0.350. The summed E-state index contributed by atoms with van der Waals surface area (Å²) in [5.41, 5.74) is 11.2. The van der Waals surface area contributed by atoms with Crippen LogP contribution in [0.3, 0.4) is 0 Å². The van der Waals surface area contributed by atoms with Gasteiger partial charge in [0.1, 0.15) is 17.5 Å². The number of aromatic nitrogens is 4. The number of aromatic amines is 2. The molecule has 10 rings (SSSR count). The first-order chi connectivity index (χ1) is 25.2. The molecule has 0 radical (unpaired) electrons. The van der Waals surface area contributed by atoms with E-state index in [0.717, 1.165) is 141 Å². The van der Waals surface area contributed by atoms with Crippen LogP contribution in [-0.2, 0) is 35.4 Å². The summed E-state index contributed by atoms with van der Waals surface area (Å²) in [6.45, 7) is 9.75. The van der Waals surface area contributed by atoms with E-state index in [-0.39, 0.29) is 5.82 Å². The standard InChI is InChI=1S/C40H41FN8O2/c41-26-20-32-29-8-10-48(37-6-4-27(22-42-37)46-12-16-50-17-13-46)24-35(29)45-40(32)33(21-26)30-2-1-3-34-39(30)31-9-11-49(25-36(31)44-34)38-7-5-28(23-43-38)47-14-18-51-19-15-47/h1-7,20-23,44-45H,8-19,24-25H2. The van der Waals surface area contributed by atoms with Crippen molar-refractivity contribution >= 4 is 44.8 Å². The minimum Gasteiger partial charge on any atom is -0.378 e. The Morgan fingerprint density at radius 3 is 1.82 bits per heavy atom. The molecule has 260 valence electrons. The molecule has 4 aliphatic rings. The van der Waals surface area contributed by atoms with Crippen molar-refractivity contribution in [1.82, 2.24) is 19.9 Å². The van der Waals surface area contributed by atoms with E-state index >= 15 is 4.39 Å². The van der Waals surface area contributed by atoms with E-state index in [0.29, 0.717) is 6.54 Å². The van der Waals surface area contributed by atoms with E-state index in [4.69, 9.17) is 19.4 Å². The fourth-order valence-corrected chi connectivity index (χ4v) is 8.58. The number of benzene rings is 2. The Kier molecular flexibility index (Phi) is 7.56. The molecule has 10 nitrogen and oxygen atoms in total. The van der Waals surface area contributed by atoms with Crippen LogP contribution in [0.15, 0.2) is 67.0 Å². The van der Waals surface area contributed by atoms with Gasteiger partial charge in [0, 0.05) is 72.5 Å². The lowest BCUT2D eigenvalue weighted by Gasteiger charge is -2.30. The molecule has 2 fully saturated rings. The van der Waals surface area contributed by atoms with Crippen LogP contribution in [0.4, 0.5) is 27.4 Å². The van der Waals surface area contributed by atoms with Crippen molar-refractivity contribution in [2.24, 2.45) is 0 Å². The number of H-pyrrole nitrogens is 2. The molecule has 0 bridgehead atoms. The highest BCUT2D eigenvalue weighted by atomic mass is 19.1. The first kappa shape index (κ1) is 30.7. The highest BCUT2D eigenvalue weighted by Crippen LogP contribution is 2.41. The monoisotopic (exact) mass is 684 g/mol. The first-order valence-corrected chi connectivity index (χ1v) is 18.2. The van der Waals surface area contributed by atoms with Crippen LogP contribution in [0.5, 0.6) is 0 Å². The molecule has 2 N–H and O–H groups in total. The van der Waals surface area contributed by atoms with Gasteiger partial charge in [-0.05, 0) is 72.0 Å². The van der Waals surface area contributed by atoms with Gasteiger partial charge in [0.15, 0.2) is 0 Å². The average Bonchev–Trinajstić information content (AvgIpc) is 3.76. The molecule has 4 aromatic heterocycles. The lowest BCUT2D eigenvalue weighted by atomic mass is 9.93. The largest absolute Gasteiger partial charge is 0.378 e. The topological polar surface area (TPSA) is 88.8 Å². The summed E-state index contributed by atoms with van der Waals surface area (Å²) in [6, 6.07) is 18.4. The number of ether oxygens (including phenoxy) is 2. The molecule has 51 heavy (non-hydrogen) atoms. The smallest absolute Gasteiger partial charge is 0.128 e. The molecule has 0 saturated carbocycles. The third-order valence-corrected chi connectivity index (χ3v) is 11.2. The molecule has 0 aliphatic carbocycles. The van der Waals surface area contributed by atoms with Gasteiger partial charge in [-0.15, -0.1) is 0 Å². The Morgan fingerprint density at radius 1 is 0.608 bits per heavy atom. The Bertz CT molecular complexity index is 2220. The molecule has 0 unspecified atom stereocenters. The predicted molar refractivity (Wildman–Crippen MR) is 200 cm³/mol. The molecular weight excluding hydrogens is 643 g/mol. The number of pyridine rings is 2. The number of anilines is 4. The van der Waals surface area contributed by atoms with Gasteiger partial charge in [0.25, 0.3) is 0 Å². The van der Waals surface area contributed by atoms with Gasteiger partial charge in [0.2, 0.25) is 0 Å². The molecule has 8 heterocycles. The minimum atomic E-state index is -0.207. The van der Waals surface area contributed by atoms with Crippen LogP contribution in [0.2, 0.25) is 0 Å². The molecule has 0 amide bonds. The Morgan fingerprint density at radius 2 is 1.22 bits per heavy atom. The van der Waals surface area contributed by atoms with Crippen molar-refractivity contribution in [3.8, 4) is 11.1 Å². The van der Waals surface area contributed by atoms with Gasteiger partial charge in [-0.1, -0.05) is 12.1 Å². The van der Waals surface area contributed by atoms with Crippen molar-refractivity contribution in [2.45, 2.75) is 25.9 Å². The van der Waals surface area contributed by atoms with E-state index in [1.54, 1.807) is 12.1 Å². The molecule has 4 aliphatic heterocycles. The number of halogens is 1. The van der Waals surface area contributed by atoms with Crippen LogP contribution in [0.1, 0.15) is 22.5 Å². The quantitative estimate of drug-likeness (QED) is 0.227. The van der Waals surface area contributed by atoms with Crippen LogP contribution in [-0.4, -0.2) is 85.6 Å². The summed E-state index contributed by atoms with van der Waals surface area (Å²) in [5.74, 6) is 1.74. The highest BCUT2D eigenvalue weighted by molar-refractivity contribution is 6.06. The van der Waals surface area contributed by atoms with Crippen molar-refractivity contribution in [1.29, 1.82) is 0 Å². The third kappa shape index (κ3) is 5.46. The van der Waals surface area contributed by atoms with Crippen LogP contribution in [0.25, 0.3) is 32.9 Å². The first-order valence-electron chi connectivity index (χ1n) is 18.2. The minimum absolute atomic E-state index is 0.207. The number of nitrogens with zero attached hydrogens (tertiary/aromatic N) is 6. The number of hydrogen-bond donors (Lipinski definition) is 2. The second-order valence-corrected chi connectivity index (χ2v) is 14.1. The van der Waals surface area contributed by atoms with Crippen molar-refractivity contribution < 1.29 is 13.9 Å². The molecule has 0 atom stereocenters. The second kappa shape index (κ2) is 12.6. The van der Waals surface area contributed by atoms with Gasteiger partial charge in [0.05, 0.1) is 68.8 Å². The maximum atomic E-state index is 15.5. The van der Waals surface area contributed by atoms with Crippen LogP contribution < -0.4 is 19.6 Å². The normalized spacial score (nSPS) is 18.1. The lowest BCUT2D eigenvalue weighted by molar-refractivity contribution is 0.122. The maximum Gasteiger partial charge on any atom is 0.128 e. The van der Waals surface area contributed by atoms with E-state index in [2.05, 4.69) is 72.0 Å². The number of fused-ring (bicyclic) bond motifs is 6. The molecular formula is C40H41FN8O2. The van der Waals surface area contributed by atoms with E-state index < -0.39 is 0 Å². The summed E-state index contributed by atoms with van der Waals surface area (Å²) < 4.78 is 26.6. The number of hydrogen-bond acceptors (Lipinski definition) is 8. The summed E-state index contributed by atoms with van der Waals surface area (Å²) >= 11 is 0.